The maximum absolute atomic E-state index is 13.3. The van der Waals surface area contributed by atoms with Crippen molar-refractivity contribution in [3.63, 3.8) is 0 Å². The fourth-order valence-corrected chi connectivity index (χ4v) is 3.48. The van der Waals surface area contributed by atoms with E-state index in [-0.39, 0.29) is 18.8 Å². The van der Waals surface area contributed by atoms with Crippen molar-refractivity contribution < 1.29 is 9.21 Å². The number of aromatic nitrogens is 3. The Labute approximate surface area is 190 Å². The van der Waals surface area contributed by atoms with Gasteiger partial charge in [-0.3, -0.25) is 14.2 Å². The third-order valence-electron chi connectivity index (χ3n) is 5.44. The number of carbonyl (C=O) groups excluding carboxylic acids is 1. The number of hydrogen-bond acceptors (Lipinski definition) is 5. The first kappa shape index (κ1) is 22.0. The average Bonchev–Trinajstić information content (AvgIpc) is 3.31. The Morgan fingerprint density at radius 2 is 1.82 bits per heavy atom. The number of amides is 1. The quantitative estimate of drug-likeness (QED) is 0.493. The van der Waals surface area contributed by atoms with Crippen molar-refractivity contribution in [3.8, 4) is 5.69 Å². The predicted molar refractivity (Wildman–Crippen MR) is 124 cm³/mol. The van der Waals surface area contributed by atoms with Crippen LogP contribution in [0.1, 0.15) is 38.5 Å². The zero-order chi connectivity index (χ0) is 23.5. The zero-order valence-electron chi connectivity index (χ0n) is 18.7. The van der Waals surface area contributed by atoms with Gasteiger partial charge in [-0.15, -0.1) is 0 Å². The molecule has 2 aromatic heterocycles. The highest BCUT2D eigenvalue weighted by atomic mass is 16.3. The second-order valence-electron chi connectivity index (χ2n) is 7.95. The normalized spacial score (nSPS) is 10.9. The van der Waals surface area contributed by atoms with E-state index < -0.39 is 17.2 Å². The largest absolute Gasteiger partial charge is 0.467 e. The smallest absolute Gasteiger partial charge is 0.352 e. The molecule has 4 aromatic rings. The van der Waals surface area contributed by atoms with Gasteiger partial charge in [-0.2, -0.15) is 9.78 Å². The molecule has 0 radical (unpaired) electrons. The van der Waals surface area contributed by atoms with Crippen LogP contribution < -0.4 is 16.6 Å². The first-order valence-electron chi connectivity index (χ1n) is 10.5. The summed E-state index contributed by atoms with van der Waals surface area (Å²) in [5.74, 6) is -0.155. The van der Waals surface area contributed by atoms with Gasteiger partial charge in [0.1, 0.15) is 5.76 Å². The number of aryl methyl sites for hydroxylation is 3. The molecule has 0 unspecified atom stereocenters. The molecule has 0 atom stereocenters. The average molecular weight is 444 g/mol. The number of nitrogens with one attached hydrogen (secondary N) is 1. The highest BCUT2D eigenvalue weighted by Crippen LogP contribution is 2.12. The minimum absolute atomic E-state index is 0.0190. The van der Waals surface area contributed by atoms with E-state index in [1.807, 2.05) is 51.1 Å². The Morgan fingerprint density at radius 3 is 2.52 bits per heavy atom. The number of hydrogen-bond donors (Lipinski definition) is 1. The first-order valence-corrected chi connectivity index (χ1v) is 10.5. The molecular formula is C25H24N4O4. The highest BCUT2D eigenvalue weighted by Gasteiger charge is 2.21. The summed E-state index contributed by atoms with van der Waals surface area (Å²) in [7, 11) is 0. The van der Waals surface area contributed by atoms with Crippen LogP contribution in [0.4, 0.5) is 0 Å². The molecule has 2 heterocycles. The standard InChI is InChI=1S/C25H24N4O4/c1-16-6-4-7-19(12-16)15-28-24(31)22(23(30)26-14-21-8-5-11-33-21)27-29(25(28)32)20-10-9-17(2)18(3)13-20/h4-13H,14-15H2,1-3H3,(H,26,30). The highest BCUT2D eigenvalue weighted by molar-refractivity contribution is 5.91. The Morgan fingerprint density at radius 1 is 1.00 bits per heavy atom. The minimum Gasteiger partial charge on any atom is -0.467 e. The monoisotopic (exact) mass is 444 g/mol. The third kappa shape index (κ3) is 4.69. The van der Waals surface area contributed by atoms with Crippen molar-refractivity contribution in [2.45, 2.75) is 33.9 Å². The molecule has 1 N–H and O–H groups in total. The summed E-state index contributed by atoms with van der Waals surface area (Å²) in [6, 6.07) is 16.3. The van der Waals surface area contributed by atoms with Crippen LogP contribution in [0.25, 0.3) is 5.69 Å². The van der Waals surface area contributed by atoms with E-state index in [1.165, 1.54) is 6.26 Å². The Kier molecular flexibility index (Phi) is 6.08. The molecule has 168 valence electrons. The zero-order valence-corrected chi connectivity index (χ0v) is 18.7. The number of nitrogens with zero attached hydrogens (tertiary/aromatic N) is 3. The summed E-state index contributed by atoms with van der Waals surface area (Å²) < 4.78 is 7.37. The van der Waals surface area contributed by atoms with E-state index >= 15 is 0 Å². The second kappa shape index (κ2) is 9.12. The van der Waals surface area contributed by atoms with Crippen molar-refractivity contribution in [1.82, 2.24) is 19.7 Å². The minimum atomic E-state index is -0.751. The SMILES string of the molecule is Cc1cccc(Cn2c(=O)c(C(=O)NCc3ccco3)nn(-c3ccc(C)c(C)c3)c2=O)c1. The van der Waals surface area contributed by atoms with Crippen LogP contribution in [0, 0.1) is 20.8 Å². The van der Waals surface area contributed by atoms with Gasteiger partial charge in [0, 0.05) is 0 Å². The topological polar surface area (TPSA) is 99.1 Å². The van der Waals surface area contributed by atoms with Crippen LogP contribution in [0.2, 0.25) is 0 Å². The summed E-state index contributed by atoms with van der Waals surface area (Å²) >= 11 is 0. The molecule has 0 saturated heterocycles. The Hall–Kier alpha value is -4.20. The van der Waals surface area contributed by atoms with E-state index in [2.05, 4.69) is 10.4 Å². The number of carbonyl (C=O) groups is 1. The number of rotatable bonds is 6. The summed E-state index contributed by atoms with van der Waals surface area (Å²) in [6.07, 6.45) is 1.49. The van der Waals surface area contributed by atoms with Crippen molar-refractivity contribution in [3.05, 3.63) is 115 Å². The van der Waals surface area contributed by atoms with E-state index in [9.17, 15) is 14.4 Å². The summed E-state index contributed by atoms with van der Waals surface area (Å²) in [6.45, 7) is 5.92. The summed E-state index contributed by atoms with van der Waals surface area (Å²) in [5.41, 5.74) is 2.52. The molecule has 0 saturated carbocycles. The lowest BCUT2D eigenvalue weighted by Gasteiger charge is -2.13. The maximum atomic E-state index is 13.3. The van der Waals surface area contributed by atoms with Crippen molar-refractivity contribution >= 4 is 5.91 Å². The first-order chi connectivity index (χ1) is 15.8. The van der Waals surface area contributed by atoms with Gasteiger partial charge in [0.15, 0.2) is 0 Å². The van der Waals surface area contributed by atoms with Crippen molar-refractivity contribution in [2.75, 3.05) is 0 Å². The molecule has 0 aliphatic rings. The van der Waals surface area contributed by atoms with Crippen LogP contribution in [0.3, 0.4) is 0 Å². The summed E-state index contributed by atoms with van der Waals surface area (Å²) in [5, 5.41) is 6.80. The van der Waals surface area contributed by atoms with E-state index in [0.29, 0.717) is 11.4 Å². The van der Waals surface area contributed by atoms with Crippen LogP contribution in [0.5, 0.6) is 0 Å². The van der Waals surface area contributed by atoms with Gasteiger partial charge in [0.05, 0.1) is 25.0 Å². The van der Waals surface area contributed by atoms with Gasteiger partial charge in [-0.25, -0.2) is 4.79 Å². The lowest BCUT2D eigenvalue weighted by atomic mass is 10.1. The lowest BCUT2D eigenvalue weighted by Crippen LogP contribution is -2.46. The molecule has 0 aliphatic carbocycles. The van der Waals surface area contributed by atoms with Gasteiger partial charge >= 0.3 is 5.69 Å². The molecule has 1 amide bonds. The molecule has 2 aromatic carbocycles. The Balaban J connectivity index is 1.82. The van der Waals surface area contributed by atoms with Gasteiger partial charge in [-0.05, 0) is 61.7 Å². The molecule has 0 bridgehead atoms. The van der Waals surface area contributed by atoms with Gasteiger partial charge in [-0.1, -0.05) is 35.9 Å². The third-order valence-corrected chi connectivity index (χ3v) is 5.44. The molecular weight excluding hydrogens is 420 g/mol. The molecule has 4 rings (SSSR count). The van der Waals surface area contributed by atoms with E-state index in [0.717, 1.165) is 31.5 Å². The fourth-order valence-electron chi connectivity index (χ4n) is 3.48. The Bertz CT molecular complexity index is 1430. The maximum Gasteiger partial charge on any atom is 0.352 e. The lowest BCUT2D eigenvalue weighted by molar-refractivity contribution is 0.0938. The molecule has 8 nitrogen and oxygen atoms in total. The number of furan rings is 1. The molecule has 33 heavy (non-hydrogen) atoms. The molecule has 8 heteroatoms. The van der Waals surface area contributed by atoms with Crippen molar-refractivity contribution in [1.29, 1.82) is 0 Å². The van der Waals surface area contributed by atoms with Gasteiger partial charge in [0.25, 0.3) is 11.5 Å². The molecule has 0 fully saturated rings. The van der Waals surface area contributed by atoms with E-state index in [1.54, 1.807) is 24.3 Å². The van der Waals surface area contributed by atoms with Gasteiger partial charge < -0.3 is 9.73 Å². The second-order valence-corrected chi connectivity index (χ2v) is 7.95. The molecule has 0 spiro atoms. The van der Waals surface area contributed by atoms with Crippen LogP contribution in [-0.2, 0) is 13.1 Å². The van der Waals surface area contributed by atoms with E-state index in [4.69, 9.17) is 4.42 Å². The van der Waals surface area contributed by atoms with Crippen LogP contribution in [-0.4, -0.2) is 20.3 Å². The van der Waals surface area contributed by atoms with Crippen LogP contribution >= 0.6 is 0 Å². The fraction of sp³-hybridized carbons (Fsp3) is 0.200. The van der Waals surface area contributed by atoms with Crippen LogP contribution in [0.15, 0.2) is 74.9 Å². The summed E-state index contributed by atoms with van der Waals surface area (Å²) in [4.78, 5) is 39.4. The molecule has 0 aliphatic heterocycles. The van der Waals surface area contributed by atoms with Gasteiger partial charge in [0.2, 0.25) is 5.69 Å². The predicted octanol–water partition coefficient (Wildman–Crippen LogP) is 2.89. The van der Waals surface area contributed by atoms with Crippen molar-refractivity contribution in [2.24, 2.45) is 0 Å². The number of benzene rings is 2.